The summed E-state index contributed by atoms with van der Waals surface area (Å²) in [4.78, 5) is 18.8. The van der Waals surface area contributed by atoms with Crippen LogP contribution >= 0.6 is 0 Å². The first kappa shape index (κ1) is 16.5. The third kappa shape index (κ3) is 3.57. The Bertz CT molecular complexity index is 730. The first-order chi connectivity index (χ1) is 11.7. The van der Waals surface area contributed by atoms with Gasteiger partial charge in [-0.15, -0.1) is 0 Å². The van der Waals surface area contributed by atoms with Gasteiger partial charge in [0.2, 0.25) is 5.91 Å². The highest BCUT2D eigenvalue weighted by Crippen LogP contribution is 2.23. The van der Waals surface area contributed by atoms with Crippen LogP contribution in [-0.2, 0) is 35.5 Å². The van der Waals surface area contributed by atoms with E-state index in [0.29, 0.717) is 19.6 Å². The summed E-state index contributed by atoms with van der Waals surface area (Å²) in [6.07, 6.45) is 4.95. The second kappa shape index (κ2) is 7.45. The van der Waals surface area contributed by atoms with Crippen LogP contribution in [0, 0.1) is 0 Å². The van der Waals surface area contributed by atoms with E-state index >= 15 is 0 Å². The summed E-state index contributed by atoms with van der Waals surface area (Å²) in [5, 5.41) is 0. The molecule has 1 aromatic carbocycles. The maximum absolute atomic E-state index is 12.6. The minimum absolute atomic E-state index is 0.131. The summed E-state index contributed by atoms with van der Waals surface area (Å²) >= 11 is 0. The number of amides is 1. The van der Waals surface area contributed by atoms with E-state index in [0.717, 1.165) is 35.4 Å². The number of rotatable bonds is 5. The Balaban J connectivity index is 1.70. The number of ether oxygens (including phenoxy) is 2. The number of hydrogen-bond donors (Lipinski definition) is 0. The van der Waals surface area contributed by atoms with Gasteiger partial charge < -0.3 is 14.4 Å². The van der Waals surface area contributed by atoms with Gasteiger partial charge in [0.25, 0.3) is 0 Å². The average Bonchev–Trinajstić information content (AvgIpc) is 2.62. The molecule has 1 aliphatic rings. The number of pyridine rings is 1. The van der Waals surface area contributed by atoms with Gasteiger partial charge in [-0.2, -0.15) is 0 Å². The van der Waals surface area contributed by atoms with Crippen molar-refractivity contribution < 1.29 is 14.3 Å². The van der Waals surface area contributed by atoms with Crippen LogP contribution in [0.4, 0.5) is 0 Å². The standard InChI is InChI=1S/C19H22N2O3/c1-23-13-16-11-20-10-15-12-21(7-6-18(15)16)19(22)9-14-4-3-5-17(8-14)24-2/h3-5,8,10-11H,6-7,9,12-13H2,1-2H3. The predicted molar refractivity (Wildman–Crippen MR) is 90.8 cm³/mol. The van der Waals surface area contributed by atoms with Crippen molar-refractivity contribution in [3.05, 3.63) is 58.9 Å². The van der Waals surface area contributed by atoms with E-state index in [9.17, 15) is 4.79 Å². The fourth-order valence-electron chi connectivity index (χ4n) is 3.13. The highest BCUT2D eigenvalue weighted by Gasteiger charge is 2.22. The third-order valence-corrected chi connectivity index (χ3v) is 4.37. The average molecular weight is 326 g/mol. The van der Waals surface area contributed by atoms with E-state index in [-0.39, 0.29) is 5.91 Å². The SMILES string of the molecule is COCc1cncc2c1CCN(C(=O)Cc1cccc(OC)c1)C2. The number of fused-ring (bicyclic) bond motifs is 1. The summed E-state index contributed by atoms with van der Waals surface area (Å²) in [7, 11) is 3.32. The van der Waals surface area contributed by atoms with Crippen molar-refractivity contribution in [3.8, 4) is 5.75 Å². The normalized spacial score (nSPS) is 13.5. The molecule has 0 spiro atoms. The van der Waals surface area contributed by atoms with E-state index in [1.54, 1.807) is 14.2 Å². The molecule has 0 fully saturated rings. The van der Waals surface area contributed by atoms with Crippen LogP contribution in [0.2, 0.25) is 0 Å². The van der Waals surface area contributed by atoms with Crippen LogP contribution in [0.1, 0.15) is 22.3 Å². The molecule has 0 N–H and O–H groups in total. The molecule has 0 saturated heterocycles. The Kier molecular flexibility index (Phi) is 5.11. The summed E-state index contributed by atoms with van der Waals surface area (Å²) < 4.78 is 10.5. The minimum Gasteiger partial charge on any atom is -0.497 e. The van der Waals surface area contributed by atoms with Gasteiger partial charge in [0, 0.05) is 32.6 Å². The monoisotopic (exact) mass is 326 g/mol. The molecule has 0 atom stereocenters. The van der Waals surface area contributed by atoms with Gasteiger partial charge in [-0.1, -0.05) is 12.1 Å². The molecule has 0 saturated carbocycles. The van der Waals surface area contributed by atoms with Crippen LogP contribution in [0.25, 0.3) is 0 Å². The maximum Gasteiger partial charge on any atom is 0.227 e. The number of hydrogen-bond acceptors (Lipinski definition) is 4. The Morgan fingerprint density at radius 3 is 2.96 bits per heavy atom. The molecule has 0 bridgehead atoms. The fourth-order valence-corrected chi connectivity index (χ4v) is 3.13. The first-order valence-corrected chi connectivity index (χ1v) is 8.05. The molecule has 126 valence electrons. The Labute approximate surface area is 142 Å². The molecule has 2 aromatic rings. The van der Waals surface area contributed by atoms with Crippen molar-refractivity contribution in [2.75, 3.05) is 20.8 Å². The molecule has 0 aliphatic carbocycles. The molecular formula is C19H22N2O3. The zero-order chi connectivity index (χ0) is 16.9. The van der Waals surface area contributed by atoms with Crippen molar-refractivity contribution in [1.29, 1.82) is 0 Å². The molecule has 5 heteroatoms. The molecule has 5 nitrogen and oxygen atoms in total. The zero-order valence-corrected chi connectivity index (χ0v) is 14.1. The van der Waals surface area contributed by atoms with Gasteiger partial charge in [0.05, 0.1) is 20.1 Å². The summed E-state index contributed by atoms with van der Waals surface area (Å²) in [6, 6.07) is 7.66. The quantitative estimate of drug-likeness (QED) is 0.846. The molecule has 2 heterocycles. The fraction of sp³-hybridized carbons (Fsp3) is 0.368. The Morgan fingerprint density at radius 1 is 1.29 bits per heavy atom. The van der Waals surface area contributed by atoms with Crippen molar-refractivity contribution in [2.45, 2.75) is 26.0 Å². The first-order valence-electron chi connectivity index (χ1n) is 8.05. The van der Waals surface area contributed by atoms with E-state index in [2.05, 4.69) is 4.98 Å². The van der Waals surface area contributed by atoms with E-state index in [1.807, 2.05) is 41.6 Å². The zero-order valence-electron chi connectivity index (χ0n) is 14.1. The van der Waals surface area contributed by atoms with Crippen LogP contribution in [0.15, 0.2) is 36.7 Å². The lowest BCUT2D eigenvalue weighted by Gasteiger charge is -2.30. The predicted octanol–water partition coefficient (Wildman–Crippen LogP) is 2.36. The number of methoxy groups -OCH3 is 2. The number of carbonyl (C=O) groups is 1. The van der Waals surface area contributed by atoms with Gasteiger partial charge in [-0.05, 0) is 40.8 Å². The highest BCUT2D eigenvalue weighted by atomic mass is 16.5. The summed E-state index contributed by atoms with van der Waals surface area (Å²) in [5.74, 6) is 0.906. The van der Waals surface area contributed by atoms with Gasteiger partial charge >= 0.3 is 0 Å². The van der Waals surface area contributed by atoms with E-state index < -0.39 is 0 Å². The lowest BCUT2D eigenvalue weighted by molar-refractivity contribution is -0.131. The maximum atomic E-state index is 12.6. The molecule has 0 unspecified atom stereocenters. The largest absolute Gasteiger partial charge is 0.497 e. The summed E-state index contributed by atoms with van der Waals surface area (Å²) in [5.41, 5.74) is 4.48. The number of nitrogens with zero attached hydrogens (tertiary/aromatic N) is 2. The molecule has 1 aromatic heterocycles. The van der Waals surface area contributed by atoms with Gasteiger partial charge in [-0.3, -0.25) is 9.78 Å². The second-order valence-corrected chi connectivity index (χ2v) is 5.96. The van der Waals surface area contributed by atoms with Gasteiger partial charge in [-0.25, -0.2) is 0 Å². The number of benzene rings is 1. The van der Waals surface area contributed by atoms with Crippen LogP contribution in [0.5, 0.6) is 5.75 Å². The molecule has 3 rings (SSSR count). The molecule has 1 aliphatic heterocycles. The van der Waals surface area contributed by atoms with Crippen LogP contribution in [-0.4, -0.2) is 36.6 Å². The van der Waals surface area contributed by atoms with Crippen LogP contribution < -0.4 is 4.74 Å². The molecule has 0 radical (unpaired) electrons. The lowest BCUT2D eigenvalue weighted by atomic mass is 9.97. The third-order valence-electron chi connectivity index (χ3n) is 4.37. The topological polar surface area (TPSA) is 51.7 Å². The second-order valence-electron chi connectivity index (χ2n) is 5.96. The summed E-state index contributed by atoms with van der Waals surface area (Å²) in [6.45, 7) is 1.91. The van der Waals surface area contributed by atoms with Crippen molar-refractivity contribution >= 4 is 5.91 Å². The minimum atomic E-state index is 0.131. The molecular weight excluding hydrogens is 304 g/mol. The van der Waals surface area contributed by atoms with Crippen molar-refractivity contribution in [2.24, 2.45) is 0 Å². The van der Waals surface area contributed by atoms with E-state index in [1.165, 1.54) is 5.56 Å². The van der Waals surface area contributed by atoms with Gasteiger partial charge in [0.1, 0.15) is 5.75 Å². The van der Waals surface area contributed by atoms with Crippen molar-refractivity contribution in [3.63, 3.8) is 0 Å². The number of aromatic nitrogens is 1. The Hall–Kier alpha value is -2.40. The highest BCUT2D eigenvalue weighted by molar-refractivity contribution is 5.79. The van der Waals surface area contributed by atoms with E-state index in [4.69, 9.17) is 9.47 Å². The lowest BCUT2D eigenvalue weighted by Crippen LogP contribution is -2.37. The van der Waals surface area contributed by atoms with Crippen LogP contribution in [0.3, 0.4) is 0 Å². The molecule has 24 heavy (non-hydrogen) atoms. The smallest absolute Gasteiger partial charge is 0.227 e. The molecule has 1 amide bonds. The van der Waals surface area contributed by atoms with Crippen molar-refractivity contribution in [1.82, 2.24) is 9.88 Å². The Morgan fingerprint density at radius 2 is 2.17 bits per heavy atom. The van der Waals surface area contributed by atoms with Gasteiger partial charge in [0.15, 0.2) is 0 Å². The number of carbonyl (C=O) groups excluding carboxylic acids is 1.